The van der Waals surface area contributed by atoms with Gasteiger partial charge >= 0.3 is 6.03 Å². The first-order valence-corrected chi connectivity index (χ1v) is 8.59. The van der Waals surface area contributed by atoms with E-state index in [1.807, 2.05) is 4.57 Å². The van der Waals surface area contributed by atoms with Crippen LogP contribution in [0, 0.1) is 5.82 Å². The van der Waals surface area contributed by atoms with Crippen molar-refractivity contribution in [3.63, 3.8) is 0 Å². The van der Waals surface area contributed by atoms with E-state index in [2.05, 4.69) is 26.1 Å². The summed E-state index contributed by atoms with van der Waals surface area (Å²) in [6, 6.07) is 2.06. The molecule has 144 valence electrons. The van der Waals surface area contributed by atoms with Crippen molar-refractivity contribution in [3.05, 3.63) is 35.7 Å². The molecule has 0 atom stereocenters. The van der Waals surface area contributed by atoms with E-state index < -0.39 is 11.8 Å². The first-order valence-electron chi connectivity index (χ1n) is 8.59. The van der Waals surface area contributed by atoms with E-state index in [9.17, 15) is 14.0 Å². The summed E-state index contributed by atoms with van der Waals surface area (Å²) in [6.07, 6.45) is 2.82. The molecule has 0 spiro atoms. The molecule has 2 aromatic rings. The second-order valence-corrected chi connectivity index (χ2v) is 6.10. The molecule has 0 saturated carbocycles. The van der Waals surface area contributed by atoms with Crippen molar-refractivity contribution in [1.29, 1.82) is 0 Å². The molecule has 3 amide bonds. The lowest BCUT2D eigenvalue weighted by Gasteiger charge is -2.20. The van der Waals surface area contributed by atoms with Gasteiger partial charge in [-0.3, -0.25) is 4.79 Å². The van der Waals surface area contributed by atoms with E-state index in [4.69, 9.17) is 4.74 Å². The summed E-state index contributed by atoms with van der Waals surface area (Å²) in [5.74, 6) is 0.0992. The maximum Gasteiger partial charge on any atom is 0.319 e. The second-order valence-electron chi connectivity index (χ2n) is 6.10. The van der Waals surface area contributed by atoms with Gasteiger partial charge in [-0.1, -0.05) is 0 Å². The van der Waals surface area contributed by atoms with Crippen LogP contribution in [0.3, 0.4) is 0 Å². The molecule has 10 heteroatoms. The van der Waals surface area contributed by atoms with Crippen LogP contribution < -0.4 is 16.0 Å². The van der Waals surface area contributed by atoms with E-state index >= 15 is 0 Å². The van der Waals surface area contributed by atoms with Gasteiger partial charge < -0.3 is 25.3 Å². The van der Waals surface area contributed by atoms with Crippen LogP contribution in [0.5, 0.6) is 0 Å². The van der Waals surface area contributed by atoms with Gasteiger partial charge in [-0.25, -0.2) is 9.18 Å². The number of methoxy groups -OCH3 is 1. The van der Waals surface area contributed by atoms with Crippen LogP contribution >= 0.6 is 0 Å². The first-order chi connectivity index (χ1) is 13.1. The second kappa shape index (κ2) is 8.58. The fraction of sp³-hybridized carbons (Fsp3) is 0.412. The van der Waals surface area contributed by atoms with Crippen molar-refractivity contribution in [2.75, 3.05) is 30.9 Å². The number of hydrogen-bond acceptors (Lipinski definition) is 5. The third-order valence-corrected chi connectivity index (χ3v) is 4.19. The molecule has 1 aliphatic rings. The first kappa shape index (κ1) is 18.8. The van der Waals surface area contributed by atoms with E-state index in [-0.39, 0.29) is 11.6 Å². The lowest BCUT2D eigenvalue weighted by molar-refractivity contribution is -0.116. The highest BCUT2D eigenvalue weighted by Gasteiger charge is 2.20. The Morgan fingerprint density at radius 2 is 2.26 bits per heavy atom. The minimum atomic E-state index is -0.495. The quantitative estimate of drug-likeness (QED) is 0.675. The molecule has 2 heterocycles. The molecule has 1 aromatic heterocycles. The number of benzene rings is 1. The van der Waals surface area contributed by atoms with Crippen LogP contribution in [0.25, 0.3) is 0 Å². The summed E-state index contributed by atoms with van der Waals surface area (Å²) in [6.45, 7) is 1.48. The number of nitrogens with zero attached hydrogens (tertiary/aromatic N) is 3. The minimum Gasteiger partial charge on any atom is -0.383 e. The van der Waals surface area contributed by atoms with Gasteiger partial charge in [0.1, 0.15) is 18.0 Å². The Balaban J connectivity index is 1.57. The number of fused-ring (bicyclic) bond motifs is 1. The van der Waals surface area contributed by atoms with Crippen LogP contribution in [0.15, 0.2) is 18.5 Å². The number of aromatic nitrogens is 3. The predicted molar refractivity (Wildman–Crippen MR) is 96.0 cm³/mol. The van der Waals surface area contributed by atoms with Crippen molar-refractivity contribution in [3.8, 4) is 0 Å². The highest BCUT2D eigenvalue weighted by molar-refractivity contribution is 6.01. The van der Waals surface area contributed by atoms with E-state index in [1.54, 1.807) is 13.4 Å². The normalized spacial score (nSPS) is 13.0. The van der Waals surface area contributed by atoms with Gasteiger partial charge in [-0.2, -0.15) is 0 Å². The summed E-state index contributed by atoms with van der Waals surface area (Å²) in [7, 11) is 1.61. The minimum absolute atomic E-state index is 0.159. The van der Waals surface area contributed by atoms with Gasteiger partial charge in [-0.05, 0) is 24.1 Å². The number of aryl methyl sites for hydroxylation is 1. The Kier molecular flexibility index (Phi) is 5.97. The molecular formula is C17H21FN6O3. The third-order valence-electron chi connectivity index (χ3n) is 4.19. The molecule has 3 N–H and O–H groups in total. The average molecular weight is 376 g/mol. The molecule has 0 fully saturated rings. The third kappa shape index (κ3) is 4.79. The van der Waals surface area contributed by atoms with E-state index in [0.717, 1.165) is 5.82 Å². The SMILES string of the molecule is COCCn1cnnc1CCNC(=O)Nc1cc(F)cc2c1NC(=O)CC2. The van der Waals surface area contributed by atoms with Crippen molar-refractivity contribution < 1.29 is 18.7 Å². The Bertz CT molecular complexity index is 838. The summed E-state index contributed by atoms with van der Waals surface area (Å²) < 4.78 is 20.6. The number of amides is 3. The molecular weight excluding hydrogens is 355 g/mol. The van der Waals surface area contributed by atoms with E-state index in [0.29, 0.717) is 50.2 Å². The van der Waals surface area contributed by atoms with Crippen LogP contribution in [-0.4, -0.2) is 47.0 Å². The number of anilines is 2. The molecule has 0 radical (unpaired) electrons. The van der Waals surface area contributed by atoms with Gasteiger partial charge in [0, 0.05) is 33.0 Å². The van der Waals surface area contributed by atoms with Gasteiger partial charge in [-0.15, -0.1) is 10.2 Å². The molecule has 9 nitrogen and oxygen atoms in total. The molecule has 0 bridgehead atoms. The molecule has 1 aromatic carbocycles. The Morgan fingerprint density at radius 1 is 1.41 bits per heavy atom. The molecule has 3 rings (SSSR count). The molecule has 27 heavy (non-hydrogen) atoms. The standard InChI is InChI=1S/C17H21FN6O3/c1-27-7-6-24-10-20-23-14(24)4-5-19-17(26)21-13-9-12(18)8-11-2-3-15(25)22-16(11)13/h8-10H,2-7H2,1H3,(H,22,25)(H2,19,21,26). The average Bonchev–Trinajstić information content (AvgIpc) is 3.08. The highest BCUT2D eigenvalue weighted by atomic mass is 19.1. The smallest absolute Gasteiger partial charge is 0.319 e. The van der Waals surface area contributed by atoms with Gasteiger partial charge in [0.25, 0.3) is 0 Å². The number of halogens is 1. The topological polar surface area (TPSA) is 110 Å². The summed E-state index contributed by atoms with van der Waals surface area (Å²) in [5.41, 5.74) is 1.34. The maximum absolute atomic E-state index is 13.8. The Labute approximate surface area is 155 Å². The van der Waals surface area contributed by atoms with Gasteiger partial charge in [0.2, 0.25) is 5.91 Å². The predicted octanol–water partition coefficient (Wildman–Crippen LogP) is 1.31. The maximum atomic E-state index is 13.8. The number of urea groups is 1. The lowest BCUT2D eigenvalue weighted by Crippen LogP contribution is -2.32. The van der Waals surface area contributed by atoms with Crippen molar-refractivity contribution in [2.45, 2.75) is 25.8 Å². The zero-order valence-corrected chi connectivity index (χ0v) is 14.9. The van der Waals surface area contributed by atoms with E-state index in [1.165, 1.54) is 12.1 Å². The molecule has 0 unspecified atom stereocenters. The number of carbonyl (C=O) groups is 2. The number of rotatable bonds is 7. The van der Waals surface area contributed by atoms with Crippen LogP contribution in [0.2, 0.25) is 0 Å². The van der Waals surface area contributed by atoms with Crippen LogP contribution in [0.1, 0.15) is 17.8 Å². The molecule has 0 saturated heterocycles. The van der Waals surface area contributed by atoms with Crippen LogP contribution in [0.4, 0.5) is 20.6 Å². The molecule has 0 aliphatic carbocycles. The summed E-state index contributed by atoms with van der Waals surface area (Å²) >= 11 is 0. The summed E-state index contributed by atoms with van der Waals surface area (Å²) in [5, 5.41) is 15.8. The van der Waals surface area contributed by atoms with Gasteiger partial charge in [0.05, 0.1) is 18.0 Å². The monoisotopic (exact) mass is 376 g/mol. The van der Waals surface area contributed by atoms with Gasteiger partial charge in [0.15, 0.2) is 0 Å². The number of carbonyl (C=O) groups excluding carboxylic acids is 2. The fourth-order valence-corrected chi connectivity index (χ4v) is 2.86. The van der Waals surface area contributed by atoms with Crippen LogP contribution in [-0.2, 0) is 28.9 Å². The molecule has 1 aliphatic heterocycles. The summed E-state index contributed by atoms with van der Waals surface area (Å²) in [4.78, 5) is 23.8. The van der Waals surface area contributed by atoms with Crippen molar-refractivity contribution in [1.82, 2.24) is 20.1 Å². The largest absolute Gasteiger partial charge is 0.383 e. The highest BCUT2D eigenvalue weighted by Crippen LogP contribution is 2.31. The van der Waals surface area contributed by atoms with Crippen molar-refractivity contribution in [2.24, 2.45) is 0 Å². The number of nitrogens with one attached hydrogen (secondary N) is 3. The Hall–Kier alpha value is -3.01. The lowest BCUT2D eigenvalue weighted by atomic mass is 10.0. The van der Waals surface area contributed by atoms with Crippen molar-refractivity contribution >= 4 is 23.3 Å². The number of hydrogen-bond donors (Lipinski definition) is 3. The Morgan fingerprint density at radius 3 is 3.07 bits per heavy atom. The zero-order chi connectivity index (χ0) is 19.2. The fourth-order valence-electron chi connectivity index (χ4n) is 2.86. The zero-order valence-electron chi connectivity index (χ0n) is 14.9. The number of ether oxygens (including phenoxy) is 1.